The highest BCUT2D eigenvalue weighted by Crippen LogP contribution is 2.24. The number of benzene rings is 2. The standard InChI is InChI=1S/C21H21F2N3O/c1-12-9-14(3)20-18(10-12)13(2)11-19(24-20)26-25-15(4)16-5-7-17(8-6-16)27-21(22)23/h5-11,21H,1-4H3,(H,24,26)/b25-15+. The lowest BCUT2D eigenvalue weighted by Gasteiger charge is -2.10. The number of aryl methyl sites for hydroxylation is 3. The van der Waals surface area contributed by atoms with E-state index in [-0.39, 0.29) is 5.75 Å². The molecule has 3 aromatic rings. The van der Waals surface area contributed by atoms with E-state index in [2.05, 4.69) is 39.3 Å². The van der Waals surface area contributed by atoms with Crippen molar-refractivity contribution >= 4 is 22.4 Å². The molecule has 1 N–H and O–H groups in total. The number of ether oxygens (including phenoxy) is 1. The summed E-state index contributed by atoms with van der Waals surface area (Å²) in [5.41, 5.74) is 8.89. The lowest BCUT2D eigenvalue weighted by molar-refractivity contribution is -0.0498. The Kier molecular flexibility index (Phi) is 5.35. The fourth-order valence-corrected chi connectivity index (χ4v) is 2.99. The number of halogens is 2. The molecule has 1 heterocycles. The molecule has 0 aliphatic heterocycles. The molecular weight excluding hydrogens is 348 g/mol. The summed E-state index contributed by atoms with van der Waals surface area (Å²) in [4.78, 5) is 4.67. The first kappa shape index (κ1) is 18.8. The molecule has 0 radical (unpaired) electrons. The van der Waals surface area contributed by atoms with E-state index in [1.807, 2.05) is 26.8 Å². The zero-order chi connectivity index (χ0) is 19.6. The number of nitrogens with zero attached hydrogens (tertiary/aromatic N) is 2. The zero-order valence-corrected chi connectivity index (χ0v) is 15.7. The van der Waals surface area contributed by atoms with Crippen molar-refractivity contribution in [3.8, 4) is 5.75 Å². The van der Waals surface area contributed by atoms with E-state index in [1.54, 1.807) is 12.1 Å². The number of hydrogen-bond acceptors (Lipinski definition) is 4. The van der Waals surface area contributed by atoms with Crippen molar-refractivity contribution in [1.82, 2.24) is 4.98 Å². The van der Waals surface area contributed by atoms with Gasteiger partial charge in [-0.05, 0) is 80.8 Å². The Morgan fingerprint density at radius 2 is 1.74 bits per heavy atom. The van der Waals surface area contributed by atoms with E-state index in [0.29, 0.717) is 11.5 Å². The van der Waals surface area contributed by atoms with Gasteiger partial charge in [0.15, 0.2) is 0 Å². The molecule has 6 heteroatoms. The fraction of sp³-hybridized carbons (Fsp3) is 0.238. The maximum absolute atomic E-state index is 12.2. The van der Waals surface area contributed by atoms with Crippen LogP contribution in [0.1, 0.15) is 29.2 Å². The molecule has 0 amide bonds. The third kappa shape index (κ3) is 4.39. The summed E-state index contributed by atoms with van der Waals surface area (Å²) in [5.74, 6) is 0.774. The minimum Gasteiger partial charge on any atom is -0.435 e. The molecular formula is C21H21F2N3O. The van der Waals surface area contributed by atoms with E-state index in [1.165, 1.54) is 17.7 Å². The van der Waals surface area contributed by atoms with Crippen LogP contribution in [0.2, 0.25) is 0 Å². The Labute approximate surface area is 156 Å². The first-order chi connectivity index (χ1) is 12.8. The van der Waals surface area contributed by atoms with Gasteiger partial charge in [-0.15, -0.1) is 0 Å². The van der Waals surface area contributed by atoms with Crippen LogP contribution in [0.25, 0.3) is 10.9 Å². The molecule has 0 aliphatic rings. The molecule has 140 valence electrons. The average Bonchev–Trinajstić information content (AvgIpc) is 2.61. The second kappa shape index (κ2) is 7.70. The summed E-state index contributed by atoms with van der Waals surface area (Å²) >= 11 is 0. The Morgan fingerprint density at radius 3 is 2.41 bits per heavy atom. The van der Waals surface area contributed by atoms with E-state index in [4.69, 9.17) is 0 Å². The summed E-state index contributed by atoms with van der Waals surface area (Å²) in [6.07, 6.45) is 0. The molecule has 3 rings (SSSR count). The molecule has 4 nitrogen and oxygen atoms in total. The molecule has 0 atom stereocenters. The summed E-state index contributed by atoms with van der Waals surface area (Å²) < 4.78 is 28.8. The van der Waals surface area contributed by atoms with Gasteiger partial charge in [-0.3, -0.25) is 5.43 Å². The van der Waals surface area contributed by atoms with Crippen LogP contribution in [0, 0.1) is 20.8 Å². The summed E-state index contributed by atoms with van der Waals surface area (Å²) in [6.45, 7) is 5.17. The van der Waals surface area contributed by atoms with Crippen LogP contribution in [0.5, 0.6) is 5.75 Å². The molecule has 2 aromatic carbocycles. The molecule has 0 saturated carbocycles. The van der Waals surface area contributed by atoms with Crippen LogP contribution in [0.3, 0.4) is 0 Å². The van der Waals surface area contributed by atoms with E-state index >= 15 is 0 Å². The minimum atomic E-state index is -2.83. The van der Waals surface area contributed by atoms with Crippen molar-refractivity contribution in [3.63, 3.8) is 0 Å². The minimum absolute atomic E-state index is 0.118. The molecule has 27 heavy (non-hydrogen) atoms. The third-order valence-corrected chi connectivity index (χ3v) is 4.29. The van der Waals surface area contributed by atoms with Gasteiger partial charge in [0.1, 0.15) is 11.6 Å². The number of pyridine rings is 1. The maximum Gasteiger partial charge on any atom is 0.387 e. The number of anilines is 1. The number of nitrogens with one attached hydrogen (secondary N) is 1. The molecule has 0 spiro atoms. The average molecular weight is 369 g/mol. The first-order valence-electron chi connectivity index (χ1n) is 8.57. The van der Waals surface area contributed by atoms with Crippen molar-refractivity contribution in [1.29, 1.82) is 0 Å². The molecule has 0 unspecified atom stereocenters. The van der Waals surface area contributed by atoms with Gasteiger partial charge in [0.2, 0.25) is 0 Å². The van der Waals surface area contributed by atoms with Gasteiger partial charge in [0.05, 0.1) is 11.2 Å². The first-order valence-corrected chi connectivity index (χ1v) is 8.57. The van der Waals surface area contributed by atoms with Gasteiger partial charge in [-0.1, -0.05) is 11.6 Å². The molecule has 0 aliphatic carbocycles. The van der Waals surface area contributed by atoms with E-state index in [9.17, 15) is 8.78 Å². The Balaban J connectivity index is 1.82. The Morgan fingerprint density at radius 1 is 1.04 bits per heavy atom. The highest BCUT2D eigenvalue weighted by molar-refractivity contribution is 5.99. The molecule has 0 fully saturated rings. The highest BCUT2D eigenvalue weighted by atomic mass is 19.3. The van der Waals surface area contributed by atoms with Crippen molar-refractivity contribution in [2.24, 2.45) is 5.10 Å². The number of hydrazone groups is 1. The van der Waals surface area contributed by atoms with Crippen LogP contribution in [0.4, 0.5) is 14.6 Å². The van der Waals surface area contributed by atoms with Crippen molar-refractivity contribution in [2.75, 3.05) is 5.43 Å². The molecule has 0 saturated heterocycles. The summed E-state index contributed by atoms with van der Waals surface area (Å²) in [7, 11) is 0. The maximum atomic E-state index is 12.2. The quantitative estimate of drug-likeness (QED) is 0.470. The normalized spacial score (nSPS) is 11.9. The van der Waals surface area contributed by atoms with Gasteiger partial charge >= 0.3 is 6.61 Å². The van der Waals surface area contributed by atoms with Gasteiger partial charge in [0.25, 0.3) is 0 Å². The predicted molar refractivity (Wildman–Crippen MR) is 105 cm³/mol. The monoisotopic (exact) mass is 369 g/mol. The zero-order valence-electron chi connectivity index (χ0n) is 15.7. The molecule has 0 bridgehead atoms. The third-order valence-electron chi connectivity index (χ3n) is 4.29. The van der Waals surface area contributed by atoms with E-state index < -0.39 is 6.61 Å². The summed E-state index contributed by atoms with van der Waals surface area (Å²) in [5, 5.41) is 5.50. The van der Waals surface area contributed by atoms with Gasteiger partial charge in [-0.2, -0.15) is 13.9 Å². The van der Waals surface area contributed by atoms with Crippen molar-refractivity contribution in [2.45, 2.75) is 34.3 Å². The van der Waals surface area contributed by atoms with Crippen LogP contribution in [-0.4, -0.2) is 17.3 Å². The number of aromatic nitrogens is 1. The number of rotatable bonds is 5. The highest BCUT2D eigenvalue weighted by Gasteiger charge is 2.07. The lowest BCUT2D eigenvalue weighted by atomic mass is 10.0. The van der Waals surface area contributed by atoms with Gasteiger partial charge in [0, 0.05) is 5.39 Å². The number of fused-ring (bicyclic) bond motifs is 1. The van der Waals surface area contributed by atoms with Gasteiger partial charge in [-0.25, -0.2) is 4.98 Å². The van der Waals surface area contributed by atoms with E-state index in [0.717, 1.165) is 27.6 Å². The topological polar surface area (TPSA) is 46.5 Å². The second-order valence-corrected chi connectivity index (χ2v) is 6.51. The van der Waals surface area contributed by atoms with Crippen LogP contribution in [0.15, 0.2) is 47.6 Å². The fourth-order valence-electron chi connectivity index (χ4n) is 2.99. The van der Waals surface area contributed by atoms with Gasteiger partial charge < -0.3 is 4.74 Å². The van der Waals surface area contributed by atoms with Crippen LogP contribution < -0.4 is 10.2 Å². The Bertz CT molecular complexity index is 998. The number of alkyl halides is 2. The lowest BCUT2D eigenvalue weighted by Crippen LogP contribution is -2.04. The van der Waals surface area contributed by atoms with Crippen LogP contribution >= 0.6 is 0 Å². The predicted octanol–water partition coefficient (Wildman–Crippen LogP) is 5.60. The molecule has 1 aromatic heterocycles. The van der Waals surface area contributed by atoms with Crippen molar-refractivity contribution < 1.29 is 13.5 Å². The smallest absolute Gasteiger partial charge is 0.387 e. The number of hydrogen-bond donors (Lipinski definition) is 1. The SMILES string of the molecule is C/C(=N\Nc1cc(C)c2cc(C)cc(C)c2n1)c1ccc(OC(F)F)cc1. The Hall–Kier alpha value is -3.02. The van der Waals surface area contributed by atoms with Crippen molar-refractivity contribution in [3.05, 3.63) is 64.7 Å². The van der Waals surface area contributed by atoms with Crippen LogP contribution in [-0.2, 0) is 0 Å². The largest absolute Gasteiger partial charge is 0.435 e. The second-order valence-electron chi connectivity index (χ2n) is 6.51. The summed E-state index contributed by atoms with van der Waals surface area (Å²) in [6, 6.07) is 12.5.